The van der Waals surface area contributed by atoms with Gasteiger partial charge in [0, 0.05) is 24.3 Å². The highest BCUT2D eigenvalue weighted by molar-refractivity contribution is 5.16. The monoisotopic (exact) mass is 297 g/mol. The molecule has 1 aromatic rings. The number of halogens is 1. The number of β-amino-alcohol motifs (C(OH)–C–C–N with tert-alkyl or cyclic N) is 1. The molecule has 0 radical (unpaired) electrons. The number of rotatable bonds is 7. The van der Waals surface area contributed by atoms with E-state index in [4.69, 9.17) is 9.47 Å². The molecule has 2 unspecified atom stereocenters. The quantitative estimate of drug-likeness (QED) is 0.806. The van der Waals surface area contributed by atoms with E-state index >= 15 is 0 Å². The second-order valence-corrected chi connectivity index (χ2v) is 5.86. The normalized spacial score (nSPS) is 24.0. The Balaban J connectivity index is 1.65. The van der Waals surface area contributed by atoms with Crippen LogP contribution >= 0.6 is 0 Å². The van der Waals surface area contributed by atoms with Gasteiger partial charge in [0.25, 0.3) is 0 Å². The Morgan fingerprint density at radius 3 is 3.00 bits per heavy atom. The summed E-state index contributed by atoms with van der Waals surface area (Å²) < 4.78 is 24.2. The van der Waals surface area contributed by atoms with Gasteiger partial charge in [0.2, 0.25) is 0 Å². The molecule has 1 aliphatic rings. The van der Waals surface area contributed by atoms with Gasteiger partial charge in [-0.3, -0.25) is 0 Å². The van der Waals surface area contributed by atoms with E-state index in [-0.39, 0.29) is 24.6 Å². The van der Waals surface area contributed by atoms with E-state index in [1.807, 2.05) is 0 Å². The Hall–Kier alpha value is -1.01. The third kappa shape index (κ3) is 5.36. The number of nitrogens with one attached hydrogen (secondary N) is 1. The van der Waals surface area contributed by atoms with E-state index in [0.717, 1.165) is 19.4 Å². The molecule has 0 bridgehead atoms. The summed E-state index contributed by atoms with van der Waals surface area (Å²) in [5.41, 5.74) is 0.426. The minimum atomic E-state index is -0.615. The molecule has 0 saturated carbocycles. The highest BCUT2D eigenvalue weighted by Crippen LogP contribution is 2.18. The highest BCUT2D eigenvalue weighted by Gasteiger charge is 2.27. The van der Waals surface area contributed by atoms with Crippen LogP contribution in [0.25, 0.3) is 0 Å². The molecule has 2 atom stereocenters. The summed E-state index contributed by atoms with van der Waals surface area (Å²) in [5, 5.41) is 13.2. The van der Waals surface area contributed by atoms with Crippen LogP contribution in [-0.2, 0) is 16.1 Å². The molecule has 2 N–H and O–H groups in total. The van der Waals surface area contributed by atoms with Crippen molar-refractivity contribution in [2.75, 3.05) is 26.4 Å². The molecule has 0 aromatic heterocycles. The van der Waals surface area contributed by atoms with Crippen molar-refractivity contribution in [3.8, 4) is 0 Å². The van der Waals surface area contributed by atoms with E-state index in [0.29, 0.717) is 18.7 Å². The Morgan fingerprint density at radius 1 is 1.48 bits per heavy atom. The number of aliphatic hydroxyl groups excluding tert-OH is 1. The van der Waals surface area contributed by atoms with Crippen molar-refractivity contribution in [1.82, 2.24) is 5.32 Å². The lowest BCUT2D eigenvalue weighted by atomic mass is 9.95. The lowest BCUT2D eigenvalue weighted by Crippen LogP contribution is -2.51. The van der Waals surface area contributed by atoms with Crippen LogP contribution in [0.15, 0.2) is 24.3 Å². The second-order valence-electron chi connectivity index (χ2n) is 5.86. The van der Waals surface area contributed by atoms with Gasteiger partial charge in [-0.25, -0.2) is 4.39 Å². The van der Waals surface area contributed by atoms with Gasteiger partial charge in [0.05, 0.1) is 25.9 Å². The Bertz CT molecular complexity index is 435. The van der Waals surface area contributed by atoms with Crippen molar-refractivity contribution >= 4 is 0 Å². The van der Waals surface area contributed by atoms with Crippen LogP contribution in [-0.4, -0.2) is 43.1 Å². The summed E-state index contributed by atoms with van der Waals surface area (Å²) in [7, 11) is 0. The summed E-state index contributed by atoms with van der Waals surface area (Å²) in [6.07, 6.45) is 1.45. The molecule has 5 heteroatoms. The molecule has 0 spiro atoms. The van der Waals surface area contributed by atoms with Gasteiger partial charge in [0.15, 0.2) is 0 Å². The topological polar surface area (TPSA) is 50.7 Å². The molecule has 4 nitrogen and oxygen atoms in total. The van der Waals surface area contributed by atoms with Gasteiger partial charge in [0.1, 0.15) is 5.82 Å². The fourth-order valence-corrected chi connectivity index (χ4v) is 2.42. The zero-order valence-electron chi connectivity index (χ0n) is 12.5. The fourth-order valence-electron chi connectivity index (χ4n) is 2.42. The lowest BCUT2D eigenvalue weighted by molar-refractivity contribution is 0.00262. The van der Waals surface area contributed by atoms with Crippen molar-refractivity contribution < 1.29 is 19.0 Å². The Morgan fingerprint density at radius 2 is 2.29 bits per heavy atom. The SMILES string of the molecule is CC1(NCC(O)COCc2ccccc2F)CCCOC1. The van der Waals surface area contributed by atoms with Crippen LogP contribution in [0.5, 0.6) is 0 Å². The van der Waals surface area contributed by atoms with Crippen LogP contribution in [0.1, 0.15) is 25.3 Å². The predicted octanol–water partition coefficient (Wildman–Crippen LogP) is 1.86. The van der Waals surface area contributed by atoms with Gasteiger partial charge in [-0.2, -0.15) is 0 Å². The molecule has 1 saturated heterocycles. The van der Waals surface area contributed by atoms with Crippen LogP contribution < -0.4 is 5.32 Å². The smallest absolute Gasteiger partial charge is 0.128 e. The van der Waals surface area contributed by atoms with E-state index in [1.165, 1.54) is 6.07 Å². The van der Waals surface area contributed by atoms with Crippen molar-refractivity contribution in [2.24, 2.45) is 0 Å². The first-order valence-electron chi connectivity index (χ1n) is 7.41. The van der Waals surface area contributed by atoms with E-state index in [9.17, 15) is 9.50 Å². The minimum absolute atomic E-state index is 0.0786. The molecule has 21 heavy (non-hydrogen) atoms. The number of aliphatic hydroxyl groups is 1. The largest absolute Gasteiger partial charge is 0.389 e. The average molecular weight is 297 g/mol. The van der Waals surface area contributed by atoms with Crippen molar-refractivity contribution in [3.05, 3.63) is 35.6 Å². The first kappa shape index (κ1) is 16.4. The van der Waals surface area contributed by atoms with E-state index < -0.39 is 6.10 Å². The summed E-state index contributed by atoms with van der Waals surface area (Å²) in [5.74, 6) is -0.281. The van der Waals surface area contributed by atoms with Crippen molar-refractivity contribution in [3.63, 3.8) is 0 Å². The van der Waals surface area contributed by atoms with Gasteiger partial charge < -0.3 is 19.9 Å². The zero-order chi connectivity index (χ0) is 15.1. The van der Waals surface area contributed by atoms with E-state index in [1.54, 1.807) is 18.2 Å². The molecular formula is C16H24FNO3. The molecule has 2 rings (SSSR count). The molecule has 1 fully saturated rings. The number of hydrogen-bond acceptors (Lipinski definition) is 4. The van der Waals surface area contributed by atoms with Gasteiger partial charge in [-0.15, -0.1) is 0 Å². The first-order chi connectivity index (χ1) is 10.1. The molecule has 1 aliphatic heterocycles. The van der Waals surface area contributed by atoms with Gasteiger partial charge >= 0.3 is 0 Å². The molecule has 0 aliphatic carbocycles. The highest BCUT2D eigenvalue weighted by atomic mass is 19.1. The van der Waals surface area contributed by atoms with Crippen molar-refractivity contribution in [2.45, 2.75) is 38.0 Å². The maximum Gasteiger partial charge on any atom is 0.128 e. The Labute approximate surface area is 125 Å². The standard InChI is InChI=1S/C16H24FNO3/c1-16(7-4-8-20-12-16)18-9-14(19)11-21-10-13-5-2-3-6-15(13)17/h2-3,5-6,14,18-19H,4,7-12H2,1H3. The van der Waals surface area contributed by atoms with Crippen LogP contribution in [0.3, 0.4) is 0 Å². The maximum atomic E-state index is 13.4. The molecule has 1 heterocycles. The Kier molecular flexibility index (Phi) is 6.11. The average Bonchev–Trinajstić information content (AvgIpc) is 2.48. The van der Waals surface area contributed by atoms with Crippen molar-refractivity contribution in [1.29, 1.82) is 0 Å². The van der Waals surface area contributed by atoms with Crippen LogP contribution in [0.2, 0.25) is 0 Å². The summed E-state index contributed by atoms with van der Waals surface area (Å²) in [6, 6.07) is 6.50. The summed E-state index contributed by atoms with van der Waals surface area (Å²) >= 11 is 0. The molecular weight excluding hydrogens is 273 g/mol. The van der Waals surface area contributed by atoms with Gasteiger partial charge in [-0.1, -0.05) is 18.2 Å². The third-order valence-electron chi connectivity index (χ3n) is 3.73. The molecule has 118 valence electrons. The number of hydrogen-bond donors (Lipinski definition) is 2. The maximum absolute atomic E-state index is 13.4. The number of benzene rings is 1. The minimum Gasteiger partial charge on any atom is -0.389 e. The van der Waals surface area contributed by atoms with E-state index in [2.05, 4.69) is 12.2 Å². The molecule has 0 amide bonds. The summed E-state index contributed by atoms with van der Waals surface area (Å²) in [6.45, 7) is 4.36. The second kappa shape index (κ2) is 7.84. The lowest BCUT2D eigenvalue weighted by Gasteiger charge is -2.35. The van der Waals surface area contributed by atoms with Gasteiger partial charge in [-0.05, 0) is 25.8 Å². The van der Waals surface area contributed by atoms with Crippen LogP contribution in [0, 0.1) is 5.82 Å². The number of ether oxygens (including phenoxy) is 2. The fraction of sp³-hybridized carbons (Fsp3) is 0.625. The predicted molar refractivity (Wildman–Crippen MR) is 78.5 cm³/mol. The summed E-state index contributed by atoms with van der Waals surface area (Å²) in [4.78, 5) is 0. The first-order valence-corrected chi connectivity index (χ1v) is 7.41. The zero-order valence-corrected chi connectivity index (χ0v) is 12.5. The molecule has 1 aromatic carbocycles. The van der Waals surface area contributed by atoms with Crippen LogP contribution in [0.4, 0.5) is 4.39 Å². The third-order valence-corrected chi connectivity index (χ3v) is 3.73.